The lowest BCUT2D eigenvalue weighted by atomic mass is 10.1. The summed E-state index contributed by atoms with van der Waals surface area (Å²) < 4.78 is 95.1. The fourth-order valence-corrected chi connectivity index (χ4v) is 6.31. The number of hydrogen-bond donors (Lipinski definition) is 2. The normalized spacial score (nSPS) is 18.5. The zero-order valence-electron chi connectivity index (χ0n) is 15.1. The maximum absolute atomic E-state index is 13.9. The highest BCUT2D eigenvalue weighted by Gasteiger charge is 2.43. The van der Waals surface area contributed by atoms with Crippen LogP contribution in [0.2, 0.25) is 0 Å². The minimum Gasteiger partial charge on any atom is -0.315 e. The summed E-state index contributed by atoms with van der Waals surface area (Å²) in [5.74, 6) is 0. The standard InChI is InChI=1S/C18H19F3N2O4S2/c19-18(20,21)17-15(28(24,25)14-7-2-1-3-8-14)9-4-10-16(17)29(26,27)23-13-6-5-11-22-12-13/h1-4,7-10,13,22-23H,5-6,11-12H2/t13-/m0/s1. The Balaban J connectivity index is 2.16. The zero-order chi connectivity index (χ0) is 21.3. The molecule has 0 amide bonds. The van der Waals surface area contributed by atoms with Gasteiger partial charge in [-0.05, 0) is 43.7 Å². The molecule has 6 nitrogen and oxygen atoms in total. The summed E-state index contributed by atoms with van der Waals surface area (Å²) in [6, 6.07) is 8.54. The van der Waals surface area contributed by atoms with Crippen LogP contribution in [-0.2, 0) is 26.0 Å². The van der Waals surface area contributed by atoms with Crippen LogP contribution in [0.25, 0.3) is 0 Å². The summed E-state index contributed by atoms with van der Waals surface area (Å²) in [5, 5.41) is 2.97. The molecule has 1 heterocycles. The Bertz CT molecular complexity index is 1080. The molecule has 1 saturated heterocycles. The number of rotatable bonds is 5. The summed E-state index contributed by atoms with van der Waals surface area (Å²) in [6.45, 7) is 0.972. The molecule has 1 fully saturated rings. The van der Waals surface area contributed by atoms with Gasteiger partial charge in [0.25, 0.3) is 0 Å². The van der Waals surface area contributed by atoms with E-state index in [9.17, 15) is 30.0 Å². The smallest absolute Gasteiger partial charge is 0.315 e. The van der Waals surface area contributed by atoms with Crippen molar-refractivity contribution in [1.82, 2.24) is 10.0 Å². The Morgan fingerprint density at radius 1 is 0.931 bits per heavy atom. The topological polar surface area (TPSA) is 92.3 Å². The molecule has 0 unspecified atom stereocenters. The predicted octanol–water partition coefficient (Wildman–Crippen LogP) is 2.57. The number of halogens is 3. The maximum Gasteiger partial charge on any atom is 0.419 e. The van der Waals surface area contributed by atoms with E-state index in [1.54, 1.807) is 0 Å². The van der Waals surface area contributed by atoms with E-state index in [1.807, 2.05) is 0 Å². The van der Waals surface area contributed by atoms with Gasteiger partial charge in [0.05, 0.1) is 20.2 Å². The van der Waals surface area contributed by atoms with Crippen molar-refractivity contribution >= 4 is 19.9 Å². The number of benzene rings is 2. The summed E-state index contributed by atoms with van der Waals surface area (Å²) in [7, 11) is -9.21. The number of sulfonamides is 1. The van der Waals surface area contributed by atoms with E-state index in [0.717, 1.165) is 30.3 Å². The molecule has 1 atom stereocenters. The number of sulfone groups is 1. The third-order valence-electron chi connectivity index (χ3n) is 4.52. The van der Waals surface area contributed by atoms with E-state index in [0.29, 0.717) is 19.4 Å². The van der Waals surface area contributed by atoms with Crippen molar-refractivity contribution in [3.63, 3.8) is 0 Å². The lowest BCUT2D eigenvalue weighted by Crippen LogP contribution is -2.45. The molecule has 11 heteroatoms. The van der Waals surface area contributed by atoms with Gasteiger partial charge in [0.2, 0.25) is 19.9 Å². The average Bonchev–Trinajstić information content (AvgIpc) is 2.68. The van der Waals surface area contributed by atoms with Gasteiger partial charge in [-0.3, -0.25) is 0 Å². The Kier molecular flexibility index (Phi) is 6.04. The van der Waals surface area contributed by atoms with Crippen LogP contribution in [0.15, 0.2) is 63.2 Å². The molecular formula is C18H19F3N2O4S2. The number of piperidine rings is 1. The second-order valence-corrected chi connectivity index (χ2v) is 10.2. The average molecular weight is 448 g/mol. The molecule has 0 aliphatic carbocycles. The SMILES string of the molecule is O=S(=O)(N[C@H]1CCCNC1)c1cccc(S(=O)(=O)c2ccccc2)c1C(F)(F)F. The molecule has 0 bridgehead atoms. The lowest BCUT2D eigenvalue weighted by Gasteiger charge is -2.25. The summed E-state index contributed by atoms with van der Waals surface area (Å²) in [6.07, 6.45) is -4.06. The molecule has 158 valence electrons. The fraction of sp³-hybridized carbons (Fsp3) is 0.333. The van der Waals surface area contributed by atoms with Crippen LogP contribution < -0.4 is 10.0 Å². The zero-order valence-corrected chi connectivity index (χ0v) is 16.7. The minimum absolute atomic E-state index is 0.280. The van der Waals surface area contributed by atoms with Crippen LogP contribution in [0.5, 0.6) is 0 Å². The molecule has 0 spiro atoms. The van der Waals surface area contributed by atoms with E-state index in [2.05, 4.69) is 10.0 Å². The summed E-state index contributed by atoms with van der Waals surface area (Å²) in [5.41, 5.74) is -1.69. The molecule has 0 radical (unpaired) electrons. The molecule has 0 saturated carbocycles. The highest BCUT2D eigenvalue weighted by Crippen LogP contribution is 2.40. The monoisotopic (exact) mass is 448 g/mol. The van der Waals surface area contributed by atoms with E-state index in [4.69, 9.17) is 0 Å². The second-order valence-electron chi connectivity index (χ2n) is 6.61. The minimum atomic E-state index is -5.20. The van der Waals surface area contributed by atoms with E-state index in [1.165, 1.54) is 18.2 Å². The molecule has 1 aliphatic rings. The summed E-state index contributed by atoms with van der Waals surface area (Å²) in [4.78, 5) is -2.56. The number of nitrogens with one attached hydrogen (secondary N) is 2. The molecule has 2 aromatic carbocycles. The van der Waals surface area contributed by atoms with Crippen molar-refractivity contribution in [3.8, 4) is 0 Å². The van der Waals surface area contributed by atoms with E-state index >= 15 is 0 Å². The van der Waals surface area contributed by atoms with Crippen molar-refractivity contribution in [2.24, 2.45) is 0 Å². The van der Waals surface area contributed by atoms with Gasteiger partial charge >= 0.3 is 6.18 Å². The number of alkyl halides is 3. The maximum atomic E-state index is 13.9. The third kappa shape index (κ3) is 4.63. The fourth-order valence-electron chi connectivity index (χ4n) is 3.20. The van der Waals surface area contributed by atoms with E-state index < -0.39 is 47.4 Å². The first-order valence-corrected chi connectivity index (χ1v) is 11.7. The van der Waals surface area contributed by atoms with Gasteiger partial charge < -0.3 is 5.32 Å². The third-order valence-corrected chi connectivity index (χ3v) is 7.90. The van der Waals surface area contributed by atoms with Gasteiger partial charge in [-0.15, -0.1) is 0 Å². The van der Waals surface area contributed by atoms with Gasteiger partial charge in [-0.25, -0.2) is 21.6 Å². The van der Waals surface area contributed by atoms with Crippen LogP contribution in [0.1, 0.15) is 18.4 Å². The quantitative estimate of drug-likeness (QED) is 0.734. The van der Waals surface area contributed by atoms with Crippen LogP contribution in [0.3, 0.4) is 0 Å². The van der Waals surface area contributed by atoms with Gasteiger partial charge in [0.1, 0.15) is 0 Å². The van der Waals surface area contributed by atoms with Crippen molar-refractivity contribution in [2.75, 3.05) is 13.1 Å². The van der Waals surface area contributed by atoms with Crippen LogP contribution >= 0.6 is 0 Å². The van der Waals surface area contributed by atoms with Crippen LogP contribution in [0, 0.1) is 0 Å². The highest BCUT2D eigenvalue weighted by molar-refractivity contribution is 7.92. The van der Waals surface area contributed by atoms with Crippen molar-refractivity contribution < 1.29 is 30.0 Å². The first-order valence-electron chi connectivity index (χ1n) is 8.77. The molecule has 1 aliphatic heterocycles. The van der Waals surface area contributed by atoms with Crippen molar-refractivity contribution in [1.29, 1.82) is 0 Å². The molecule has 2 aromatic rings. The first-order chi connectivity index (χ1) is 13.5. The first kappa shape index (κ1) is 21.8. The van der Waals surface area contributed by atoms with Gasteiger partial charge in [0, 0.05) is 12.6 Å². The molecule has 29 heavy (non-hydrogen) atoms. The Morgan fingerprint density at radius 2 is 1.59 bits per heavy atom. The Hall–Kier alpha value is -1.95. The molecular weight excluding hydrogens is 429 g/mol. The van der Waals surface area contributed by atoms with E-state index in [-0.39, 0.29) is 11.4 Å². The number of hydrogen-bond acceptors (Lipinski definition) is 5. The van der Waals surface area contributed by atoms with Gasteiger partial charge in [0.15, 0.2) is 0 Å². The Labute approximate surface area is 167 Å². The molecule has 3 rings (SSSR count). The van der Waals surface area contributed by atoms with Crippen LogP contribution in [-0.4, -0.2) is 36.0 Å². The second kappa shape index (κ2) is 8.05. The predicted molar refractivity (Wildman–Crippen MR) is 99.6 cm³/mol. The van der Waals surface area contributed by atoms with Crippen LogP contribution in [0.4, 0.5) is 13.2 Å². The molecule has 2 N–H and O–H groups in total. The van der Waals surface area contributed by atoms with Crippen molar-refractivity contribution in [3.05, 3.63) is 54.1 Å². The summed E-state index contributed by atoms with van der Waals surface area (Å²) >= 11 is 0. The highest BCUT2D eigenvalue weighted by atomic mass is 32.2. The van der Waals surface area contributed by atoms with Crippen molar-refractivity contribution in [2.45, 2.75) is 39.7 Å². The van der Waals surface area contributed by atoms with Gasteiger partial charge in [-0.2, -0.15) is 13.2 Å². The lowest BCUT2D eigenvalue weighted by molar-refractivity contribution is -0.142. The Morgan fingerprint density at radius 3 is 2.17 bits per heavy atom. The molecule has 0 aromatic heterocycles. The van der Waals surface area contributed by atoms with Gasteiger partial charge in [-0.1, -0.05) is 24.3 Å². The largest absolute Gasteiger partial charge is 0.419 e.